The predicted molar refractivity (Wildman–Crippen MR) is 69.0 cm³/mol. The Bertz CT molecular complexity index is 345. The summed E-state index contributed by atoms with van der Waals surface area (Å²) >= 11 is 0. The van der Waals surface area contributed by atoms with Crippen LogP contribution in [0.1, 0.15) is 37.8 Å². The van der Waals surface area contributed by atoms with Crippen LogP contribution in [0.3, 0.4) is 0 Å². The standard InChI is InChI=1S/C14H23NO/c1-11-6-7-12(13(10-11)16-4)14(2,3)8-5-9-15/h6-7,10H,5,8-9,15H2,1-4H3. The van der Waals surface area contributed by atoms with E-state index in [4.69, 9.17) is 10.5 Å². The summed E-state index contributed by atoms with van der Waals surface area (Å²) in [6.45, 7) is 7.32. The molecule has 2 nitrogen and oxygen atoms in total. The van der Waals surface area contributed by atoms with E-state index in [1.807, 2.05) is 0 Å². The van der Waals surface area contributed by atoms with Crippen LogP contribution in [0.15, 0.2) is 18.2 Å². The number of methoxy groups -OCH3 is 1. The molecule has 16 heavy (non-hydrogen) atoms. The maximum Gasteiger partial charge on any atom is 0.122 e. The summed E-state index contributed by atoms with van der Waals surface area (Å²) in [6, 6.07) is 6.41. The van der Waals surface area contributed by atoms with Crippen molar-refractivity contribution >= 4 is 0 Å². The smallest absolute Gasteiger partial charge is 0.122 e. The van der Waals surface area contributed by atoms with E-state index in [1.165, 1.54) is 11.1 Å². The van der Waals surface area contributed by atoms with Crippen LogP contribution in [0.2, 0.25) is 0 Å². The quantitative estimate of drug-likeness (QED) is 0.829. The Hall–Kier alpha value is -1.02. The molecule has 0 saturated heterocycles. The third kappa shape index (κ3) is 2.99. The molecule has 90 valence electrons. The van der Waals surface area contributed by atoms with Crippen LogP contribution in [0.25, 0.3) is 0 Å². The highest BCUT2D eigenvalue weighted by Gasteiger charge is 2.23. The molecule has 0 amide bonds. The first-order chi connectivity index (χ1) is 7.51. The lowest BCUT2D eigenvalue weighted by atomic mass is 9.79. The molecular formula is C14H23NO. The molecule has 0 aliphatic rings. The Morgan fingerprint density at radius 1 is 1.31 bits per heavy atom. The van der Waals surface area contributed by atoms with Gasteiger partial charge in [-0.25, -0.2) is 0 Å². The van der Waals surface area contributed by atoms with Crippen molar-refractivity contribution in [1.82, 2.24) is 0 Å². The monoisotopic (exact) mass is 221 g/mol. The van der Waals surface area contributed by atoms with Crippen molar-refractivity contribution in [3.63, 3.8) is 0 Å². The SMILES string of the molecule is COc1cc(C)ccc1C(C)(C)CCCN. The molecule has 0 aliphatic carbocycles. The van der Waals surface area contributed by atoms with Gasteiger partial charge in [0.05, 0.1) is 7.11 Å². The van der Waals surface area contributed by atoms with Crippen molar-refractivity contribution in [2.75, 3.05) is 13.7 Å². The zero-order chi connectivity index (χ0) is 12.2. The summed E-state index contributed by atoms with van der Waals surface area (Å²) < 4.78 is 5.46. The lowest BCUT2D eigenvalue weighted by molar-refractivity contribution is 0.382. The van der Waals surface area contributed by atoms with Gasteiger partial charge in [0.15, 0.2) is 0 Å². The highest BCUT2D eigenvalue weighted by Crippen LogP contribution is 2.35. The minimum absolute atomic E-state index is 0.123. The van der Waals surface area contributed by atoms with Gasteiger partial charge >= 0.3 is 0 Å². The van der Waals surface area contributed by atoms with E-state index in [1.54, 1.807) is 7.11 Å². The molecule has 1 rings (SSSR count). The molecule has 1 aromatic rings. The van der Waals surface area contributed by atoms with E-state index in [2.05, 4.69) is 39.0 Å². The van der Waals surface area contributed by atoms with Gasteiger partial charge < -0.3 is 10.5 Å². The number of ether oxygens (including phenoxy) is 1. The zero-order valence-corrected chi connectivity index (χ0v) is 10.8. The zero-order valence-electron chi connectivity index (χ0n) is 10.8. The molecule has 0 radical (unpaired) electrons. The van der Waals surface area contributed by atoms with Crippen molar-refractivity contribution in [3.8, 4) is 5.75 Å². The molecule has 0 aromatic heterocycles. The molecule has 0 spiro atoms. The molecule has 0 unspecified atom stereocenters. The average molecular weight is 221 g/mol. The first-order valence-corrected chi connectivity index (χ1v) is 5.86. The molecule has 0 heterocycles. The fourth-order valence-electron chi connectivity index (χ4n) is 2.04. The van der Waals surface area contributed by atoms with Gasteiger partial charge in [-0.15, -0.1) is 0 Å². The van der Waals surface area contributed by atoms with E-state index in [9.17, 15) is 0 Å². The highest BCUT2D eigenvalue weighted by molar-refractivity contribution is 5.41. The topological polar surface area (TPSA) is 35.2 Å². The summed E-state index contributed by atoms with van der Waals surface area (Å²) in [4.78, 5) is 0. The van der Waals surface area contributed by atoms with E-state index in [0.717, 1.165) is 25.1 Å². The molecule has 0 aliphatic heterocycles. The van der Waals surface area contributed by atoms with Gasteiger partial charge in [-0.1, -0.05) is 26.0 Å². The Morgan fingerprint density at radius 3 is 2.56 bits per heavy atom. The first-order valence-electron chi connectivity index (χ1n) is 5.86. The Kier molecular flexibility index (Phi) is 4.36. The molecule has 1 aromatic carbocycles. The largest absolute Gasteiger partial charge is 0.496 e. The number of hydrogen-bond donors (Lipinski definition) is 1. The normalized spacial score (nSPS) is 11.6. The lowest BCUT2D eigenvalue weighted by Crippen LogP contribution is -2.19. The maximum absolute atomic E-state index is 5.58. The molecule has 0 atom stereocenters. The third-order valence-corrected chi connectivity index (χ3v) is 3.09. The van der Waals surface area contributed by atoms with Crippen LogP contribution >= 0.6 is 0 Å². The van der Waals surface area contributed by atoms with Gasteiger partial charge in [0.1, 0.15) is 5.75 Å². The van der Waals surface area contributed by atoms with Crippen LogP contribution in [0, 0.1) is 6.92 Å². The summed E-state index contributed by atoms with van der Waals surface area (Å²) in [5, 5.41) is 0. The van der Waals surface area contributed by atoms with Crippen LogP contribution in [0.5, 0.6) is 5.75 Å². The third-order valence-electron chi connectivity index (χ3n) is 3.09. The summed E-state index contributed by atoms with van der Waals surface area (Å²) in [6.07, 6.45) is 2.13. The number of nitrogens with two attached hydrogens (primary N) is 1. The summed E-state index contributed by atoms with van der Waals surface area (Å²) in [7, 11) is 1.73. The minimum atomic E-state index is 0.123. The molecule has 2 heteroatoms. The molecule has 0 saturated carbocycles. The Balaban J connectivity index is 3.01. The van der Waals surface area contributed by atoms with Gasteiger partial charge in [0, 0.05) is 0 Å². The molecule has 0 fully saturated rings. The van der Waals surface area contributed by atoms with Crippen molar-refractivity contribution in [3.05, 3.63) is 29.3 Å². The van der Waals surface area contributed by atoms with Crippen LogP contribution in [0.4, 0.5) is 0 Å². The van der Waals surface area contributed by atoms with Crippen molar-refractivity contribution < 1.29 is 4.74 Å². The van der Waals surface area contributed by atoms with Crippen LogP contribution in [-0.2, 0) is 5.41 Å². The predicted octanol–water partition coefficient (Wildman–Crippen LogP) is 3.02. The molecular weight excluding hydrogens is 198 g/mol. The van der Waals surface area contributed by atoms with Crippen molar-refractivity contribution in [1.29, 1.82) is 0 Å². The number of benzene rings is 1. The van der Waals surface area contributed by atoms with Gasteiger partial charge in [-0.3, -0.25) is 0 Å². The fraction of sp³-hybridized carbons (Fsp3) is 0.571. The second-order valence-electron chi connectivity index (χ2n) is 4.98. The summed E-state index contributed by atoms with van der Waals surface area (Å²) in [5.74, 6) is 0.988. The second-order valence-corrected chi connectivity index (χ2v) is 4.98. The van der Waals surface area contributed by atoms with Gasteiger partial charge in [-0.2, -0.15) is 0 Å². The Labute approximate surface area is 98.8 Å². The molecule has 2 N–H and O–H groups in total. The highest BCUT2D eigenvalue weighted by atomic mass is 16.5. The van der Waals surface area contributed by atoms with Crippen molar-refractivity contribution in [2.45, 2.75) is 39.0 Å². The molecule has 0 bridgehead atoms. The fourth-order valence-corrected chi connectivity index (χ4v) is 2.04. The lowest BCUT2D eigenvalue weighted by Gasteiger charge is -2.27. The van der Waals surface area contributed by atoms with Crippen LogP contribution in [-0.4, -0.2) is 13.7 Å². The van der Waals surface area contributed by atoms with Crippen molar-refractivity contribution in [2.24, 2.45) is 5.73 Å². The summed E-state index contributed by atoms with van der Waals surface area (Å²) in [5.41, 5.74) is 8.20. The first kappa shape index (κ1) is 13.0. The van der Waals surface area contributed by atoms with Crippen LogP contribution < -0.4 is 10.5 Å². The average Bonchev–Trinajstić information content (AvgIpc) is 2.26. The number of aryl methyl sites for hydroxylation is 1. The van der Waals surface area contributed by atoms with E-state index < -0.39 is 0 Å². The van der Waals surface area contributed by atoms with Gasteiger partial charge in [0.25, 0.3) is 0 Å². The van der Waals surface area contributed by atoms with Gasteiger partial charge in [0.2, 0.25) is 0 Å². The number of rotatable bonds is 5. The van der Waals surface area contributed by atoms with E-state index in [0.29, 0.717) is 0 Å². The van der Waals surface area contributed by atoms with Gasteiger partial charge in [-0.05, 0) is 48.9 Å². The minimum Gasteiger partial charge on any atom is -0.496 e. The van der Waals surface area contributed by atoms with E-state index in [-0.39, 0.29) is 5.41 Å². The number of hydrogen-bond acceptors (Lipinski definition) is 2. The second kappa shape index (κ2) is 5.35. The van der Waals surface area contributed by atoms with E-state index >= 15 is 0 Å². The maximum atomic E-state index is 5.58. The Morgan fingerprint density at radius 2 is 2.00 bits per heavy atom.